The third-order valence-corrected chi connectivity index (χ3v) is 3.87. The highest BCUT2D eigenvalue weighted by Crippen LogP contribution is 2.16. The fourth-order valence-corrected chi connectivity index (χ4v) is 2.24. The van der Waals surface area contributed by atoms with Gasteiger partial charge in [-0.2, -0.15) is 0 Å². The van der Waals surface area contributed by atoms with Gasteiger partial charge in [0.15, 0.2) is 5.78 Å². The molecule has 0 saturated carbocycles. The van der Waals surface area contributed by atoms with E-state index in [1.54, 1.807) is 18.2 Å². The van der Waals surface area contributed by atoms with E-state index in [1.165, 1.54) is 6.92 Å². The van der Waals surface area contributed by atoms with Crippen LogP contribution in [-0.2, 0) is 4.79 Å². The number of carbonyl (C=O) groups is 2. The normalized spacial score (nSPS) is 12.5. The van der Waals surface area contributed by atoms with E-state index in [2.05, 4.69) is 37.9 Å². The minimum Gasteiger partial charge on any atom is -0.324 e. The molecule has 0 radical (unpaired) electrons. The highest BCUT2D eigenvalue weighted by Gasteiger charge is 2.19. The van der Waals surface area contributed by atoms with Crippen molar-refractivity contribution in [2.75, 3.05) is 18.4 Å². The lowest BCUT2D eigenvalue weighted by atomic mass is 10.0. The lowest BCUT2D eigenvalue weighted by Crippen LogP contribution is -2.41. The summed E-state index contributed by atoms with van der Waals surface area (Å²) < 4.78 is 0. The van der Waals surface area contributed by atoms with Gasteiger partial charge in [0.1, 0.15) is 0 Å². The predicted molar refractivity (Wildman–Crippen MR) is 86.6 cm³/mol. The summed E-state index contributed by atoms with van der Waals surface area (Å²) in [7, 11) is 0. The molecule has 116 valence electrons. The fourth-order valence-electron chi connectivity index (χ4n) is 2.24. The van der Waals surface area contributed by atoms with Crippen molar-refractivity contribution in [1.82, 2.24) is 4.90 Å². The first-order valence-electron chi connectivity index (χ1n) is 7.50. The molecule has 0 aliphatic heterocycles. The molecule has 0 spiro atoms. The molecule has 0 aliphatic rings. The zero-order valence-corrected chi connectivity index (χ0v) is 13.6. The van der Waals surface area contributed by atoms with Crippen LogP contribution < -0.4 is 5.32 Å². The van der Waals surface area contributed by atoms with Crippen LogP contribution in [0, 0.1) is 5.92 Å². The lowest BCUT2D eigenvalue weighted by molar-refractivity contribution is -0.117. The number of hydrogen-bond donors (Lipinski definition) is 1. The van der Waals surface area contributed by atoms with E-state index in [-0.39, 0.29) is 11.7 Å². The molecule has 4 heteroatoms. The molecule has 0 aromatic heterocycles. The first-order chi connectivity index (χ1) is 9.86. The van der Waals surface area contributed by atoms with Crippen LogP contribution in [0.25, 0.3) is 0 Å². The minimum absolute atomic E-state index is 0.0474. The summed E-state index contributed by atoms with van der Waals surface area (Å²) in [4.78, 5) is 25.9. The number of amides is 1. The van der Waals surface area contributed by atoms with E-state index in [9.17, 15) is 9.59 Å². The molecule has 1 aromatic rings. The largest absolute Gasteiger partial charge is 0.324 e. The van der Waals surface area contributed by atoms with Crippen molar-refractivity contribution in [2.24, 2.45) is 5.92 Å². The number of rotatable bonds is 7. The van der Waals surface area contributed by atoms with Crippen LogP contribution in [0.15, 0.2) is 24.3 Å². The van der Waals surface area contributed by atoms with E-state index < -0.39 is 0 Å². The molecular formula is C17H26N2O2. The van der Waals surface area contributed by atoms with Gasteiger partial charge in [-0.15, -0.1) is 0 Å². The van der Waals surface area contributed by atoms with Gasteiger partial charge in [-0.05, 0) is 38.4 Å². The van der Waals surface area contributed by atoms with Crippen molar-refractivity contribution < 1.29 is 9.59 Å². The number of hydrogen-bond acceptors (Lipinski definition) is 3. The van der Waals surface area contributed by atoms with E-state index >= 15 is 0 Å². The number of carbonyl (C=O) groups excluding carboxylic acids is 2. The van der Waals surface area contributed by atoms with Gasteiger partial charge in [-0.25, -0.2) is 0 Å². The zero-order valence-electron chi connectivity index (χ0n) is 13.6. The van der Waals surface area contributed by atoms with Crippen molar-refractivity contribution in [3.8, 4) is 0 Å². The molecule has 0 saturated heterocycles. The Kier molecular flexibility index (Phi) is 6.56. The summed E-state index contributed by atoms with van der Waals surface area (Å²) in [5, 5.41) is 2.85. The van der Waals surface area contributed by atoms with Gasteiger partial charge in [0.25, 0.3) is 0 Å². The number of ketones is 1. The monoisotopic (exact) mass is 290 g/mol. The smallest absolute Gasteiger partial charge is 0.238 e. The van der Waals surface area contributed by atoms with Crippen molar-refractivity contribution in [1.29, 1.82) is 0 Å². The van der Waals surface area contributed by atoms with E-state index in [1.807, 2.05) is 6.07 Å². The van der Waals surface area contributed by atoms with Gasteiger partial charge in [-0.1, -0.05) is 32.9 Å². The van der Waals surface area contributed by atoms with Crippen LogP contribution in [-0.4, -0.2) is 35.7 Å². The summed E-state index contributed by atoms with van der Waals surface area (Å²) in [6.45, 7) is 11.1. The first kappa shape index (κ1) is 17.4. The molecule has 0 bridgehead atoms. The molecule has 0 aliphatic carbocycles. The molecule has 0 fully saturated rings. The summed E-state index contributed by atoms with van der Waals surface area (Å²) in [5.74, 6) is 0.356. The molecule has 4 nitrogen and oxygen atoms in total. The Balaban J connectivity index is 2.76. The Morgan fingerprint density at radius 3 is 2.33 bits per heavy atom. The Labute approximate surface area is 127 Å². The molecular weight excluding hydrogens is 264 g/mol. The van der Waals surface area contributed by atoms with Crippen LogP contribution in [0.1, 0.15) is 45.0 Å². The van der Waals surface area contributed by atoms with Crippen LogP contribution >= 0.6 is 0 Å². The van der Waals surface area contributed by atoms with Crippen LogP contribution in [0.3, 0.4) is 0 Å². The molecule has 1 unspecified atom stereocenters. The van der Waals surface area contributed by atoms with E-state index in [0.717, 1.165) is 6.54 Å². The number of nitrogens with one attached hydrogen (secondary N) is 1. The summed E-state index contributed by atoms with van der Waals surface area (Å²) in [5.41, 5.74) is 1.13. The topological polar surface area (TPSA) is 49.4 Å². The molecule has 0 heterocycles. The number of Topliss-reactive ketones (excluding diaryl/α,β-unsaturated/α-hetero) is 1. The summed E-state index contributed by atoms with van der Waals surface area (Å²) in [6.07, 6.45) is 0. The standard InChI is InChI=1S/C17H26N2O2/c1-6-19(13(4)12(2)3)11-17(21)18-16-10-8-7-9-15(16)14(5)20/h7-10,12-13H,6,11H2,1-5H3,(H,18,21). The van der Waals surface area contributed by atoms with Crippen molar-refractivity contribution in [3.05, 3.63) is 29.8 Å². The van der Waals surface area contributed by atoms with Gasteiger partial charge in [0, 0.05) is 11.6 Å². The first-order valence-corrected chi connectivity index (χ1v) is 7.50. The second-order valence-corrected chi connectivity index (χ2v) is 5.70. The Morgan fingerprint density at radius 2 is 1.81 bits per heavy atom. The number of anilines is 1. The maximum absolute atomic E-state index is 12.2. The van der Waals surface area contributed by atoms with Gasteiger partial charge in [-0.3, -0.25) is 14.5 Å². The summed E-state index contributed by atoms with van der Waals surface area (Å²) >= 11 is 0. The van der Waals surface area contributed by atoms with Crippen LogP contribution in [0.2, 0.25) is 0 Å². The molecule has 21 heavy (non-hydrogen) atoms. The number of benzene rings is 1. The fraction of sp³-hybridized carbons (Fsp3) is 0.529. The van der Waals surface area contributed by atoms with Gasteiger partial charge < -0.3 is 5.32 Å². The quantitative estimate of drug-likeness (QED) is 0.785. The number of para-hydroxylation sites is 1. The zero-order chi connectivity index (χ0) is 16.0. The predicted octanol–water partition coefficient (Wildman–Crippen LogP) is 3.19. The number of likely N-dealkylation sites (N-methyl/N-ethyl adjacent to an activating group) is 1. The summed E-state index contributed by atoms with van der Waals surface area (Å²) in [6, 6.07) is 7.44. The van der Waals surface area contributed by atoms with Crippen molar-refractivity contribution >= 4 is 17.4 Å². The average Bonchev–Trinajstić information content (AvgIpc) is 2.44. The second kappa shape index (κ2) is 7.93. The van der Waals surface area contributed by atoms with Gasteiger partial charge in [0.05, 0.1) is 12.2 Å². The highest BCUT2D eigenvalue weighted by atomic mass is 16.2. The van der Waals surface area contributed by atoms with Gasteiger partial charge in [0.2, 0.25) is 5.91 Å². The van der Waals surface area contributed by atoms with E-state index in [4.69, 9.17) is 0 Å². The minimum atomic E-state index is -0.0851. The van der Waals surface area contributed by atoms with Crippen LogP contribution in [0.4, 0.5) is 5.69 Å². The van der Waals surface area contributed by atoms with Gasteiger partial charge >= 0.3 is 0 Å². The molecule has 1 aromatic carbocycles. The second-order valence-electron chi connectivity index (χ2n) is 5.70. The Bertz CT molecular complexity index is 497. The molecule has 1 atom stereocenters. The Hall–Kier alpha value is -1.68. The van der Waals surface area contributed by atoms with Crippen LogP contribution in [0.5, 0.6) is 0 Å². The SMILES string of the molecule is CCN(CC(=O)Nc1ccccc1C(C)=O)C(C)C(C)C. The average molecular weight is 290 g/mol. The maximum Gasteiger partial charge on any atom is 0.238 e. The van der Waals surface area contributed by atoms with E-state index in [0.29, 0.717) is 29.8 Å². The molecule has 1 rings (SSSR count). The molecule has 1 amide bonds. The van der Waals surface area contributed by atoms with Crippen molar-refractivity contribution in [3.63, 3.8) is 0 Å². The highest BCUT2D eigenvalue weighted by molar-refractivity contribution is 6.04. The Morgan fingerprint density at radius 1 is 1.19 bits per heavy atom. The van der Waals surface area contributed by atoms with Crippen molar-refractivity contribution in [2.45, 2.75) is 40.7 Å². The maximum atomic E-state index is 12.2. The third-order valence-electron chi connectivity index (χ3n) is 3.87. The number of nitrogens with zero attached hydrogens (tertiary/aromatic N) is 1. The third kappa shape index (κ3) is 4.97. The molecule has 1 N–H and O–H groups in total. The lowest BCUT2D eigenvalue weighted by Gasteiger charge is -2.30.